The number of benzene rings is 2. The predicted molar refractivity (Wildman–Crippen MR) is 130 cm³/mol. The lowest BCUT2D eigenvalue weighted by molar-refractivity contribution is 0.521. The molecule has 2 atom stereocenters. The molecule has 0 aromatic heterocycles. The summed E-state index contributed by atoms with van der Waals surface area (Å²) in [6, 6.07) is 16.4. The summed E-state index contributed by atoms with van der Waals surface area (Å²) >= 11 is 12.6. The topological polar surface area (TPSA) is 31.2 Å². The molecule has 2 aliphatic rings. The van der Waals surface area contributed by atoms with Crippen LogP contribution in [0.1, 0.15) is 27.7 Å². The van der Waals surface area contributed by atoms with Gasteiger partial charge in [0.1, 0.15) is 0 Å². The normalized spacial score (nSPS) is 21.6. The average molecular weight is 443 g/mol. The third-order valence-electron chi connectivity index (χ3n) is 5.81. The Hall–Kier alpha value is -2.04. The van der Waals surface area contributed by atoms with Crippen molar-refractivity contribution >= 4 is 46.2 Å². The van der Waals surface area contributed by atoms with Crippen molar-refractivity contribution in [1.82, 2.24) is 0 Å². The summed E-state index contributed by atoms with van der Waals surface area (Å²) in [7, 11) is 0. The SMILES string of the molecule is CC(C)[C@H]1CN(c2cccc(Cl)c2)C(C2=N[C@@H](C(C)C)CN2c2cccc(Cl)c2)=N1. The lowest BCUT2D eigenvalue weighted by Gasteiger charge is -2.27. The molecule has 2 aromatic carbocycles. The summed E-state index contributed by atoms with van der Waals surface area (Å²) in [5.74, 6) is 2.71. The Balaban J connectivity index is 1.79. The lowest BCUT2D eigenvalue weighted by Crippen LogP contribution is -2.42. The molecule has 0 bridgehead atoms. The summed E-state index contributed by atoms with van der Waals surface area (Å²) in [4.78, 5) is 14.8. The van der Waals surface area contributed by atoms with Crippen molar-refractivity contribution in [3.63, 3.8) is 0 Å². The van der Waals surface area contributed by atoms with Crippen molar-refractivity contribution in [2.24, 2.45) is 21.8 Å². The molecule has 4 rings (SSSR count). The molecule has 0 N–H and O–H groups in total. The Labute approximate surface area is 189 Å². The van der Waals surface area contributed by atoms with E-state index in [0.29, 0.717) is 11.8 Å². The maximum Gasteiger partial charge on any atom is 0.172 e. The Bertz CT molecular complexity index is 903. The summed E-state index contributed by atoms with van der Waals surface area (Å²) in [6.45, 7) is 10.5. The first-order valence-electron chi connectivity index (χ1n) is 10.6. The molecule has 158 valence electrons. The molecule has 30 heavy (non-hydrogen) atoms. The average Bonchev–Trinajstić information content (AvgIpc) is 3.33. The van der Waals surface area contributed by atoms with Gasteiger partial charge in [0.25, 0.3) is 0 Å². The van der Waals surface area contributed by atoms with Gasteiger partial charge in [-0.05, 0) is 48.2 Å². The molecule has 2 heterocycles. The van der Waals surface area contributed by atoms with Crippen LogP contribution in [0.2, 0.25) is 10.0 Å². The number of rotatable bonds is 5. The fourth-order valence-electron chi connectivity index (χ4n) is 3.90. The van der Waals surface area contributed by atoms with Crippen molar-refractivity contribution in [3.05, 3.63) is 58.6 Å². The van der Waals surface area contributed by atoms with Crippen molar-refractivity contribution in [2.75, 3.05) is 22.9 Å². The van der Waals surface area contributed by atoms with E-state index in [1.807, 2.05) is 36.4 Å². The first kappa shape index (κ1) is 21.2. The summed E-state index contributed by atoms with van der Waals surface area (Å²) < 4.78 is 0. The maximum atomic E-state index is 6.31. The third-order valence-corrected chi connectivity index (χ3v) is 6.28. The van der Waals surface area contributed by atoms with E-state index in [4.69, 9.17) is 33.2 Å². The second kappa shape index (κ2) is 8.60. The zero-order valence-electron chi connectivity index (χ0n) is 17.9. The van der Waals surface area contributed by atoms with E-state index in [2.05, 4.69) is 49.6 Å². The molecule has 0 spiro atoms. The Morgan fingerprint density at radius 3 is 1.47 bits per heavy atom. The van der Waals surface area contributed by atoms with Gasteiger partial charge in [0.15, 0.2) is 11.7 Å². The molecule has 0 radical (unpaired) electrons. The van der Waals surface area contributed by atoms with E-state index >= 15 is 0 Å². The Morgan fingerprint density at radius 2 is 1.13 bits per heavy atom. The fourth-order valence-corrected chi connectivity index (χ4v) is 4.27. The number of aliphatic imine (C=N–C) groups is 2. The highest BCUT2D eigenvalue weighted by Gasteiger charge is 2.38. The maximum absolute atomic E-state index is 6.31. The predicted octanol–water partition coefficient (Wildman–Crippen LogP) is 6.18. The van der Waals surface area contributed by atoms with Crippen LogP contribution in [-0.4, -0.2) is 36.8 Å². The molecular weight excluding hydrogens is 415 g/mol. The largest absolute Gasteiger partial charge is 0.321 e. The lowest BCUT2D eigenvalue weighted by atomic mass is 10.1. The van der Waals surface area contributed by atoms with E-state index in [1.54, 1.807) is 0 Å². The van der Waals surface area contributed by atoms with Gasteiger partial charge in [-0.3, -0.25) is 9.98 Å². The van der Waals surface area contributed by atoms with E-state index in [9.17, 15) is 0 Å². The fraction of sp³-hybridized carbons (Fsp3) is 0.417. The van der Waals surface area contributed by atoms with Crippen LogP contribution in [0.15, 0.2) is 58.5 Å². The number of hydrogen-bond donors (Lipinski definition) is 0. The van der Waals surface area contributed by atoms with Crippen molar-refractivity contribution in [1.29, 1.82) is 0 Å². The molecule has 6 heteroatoms. The van der Waals surface area contributed by atoms with Crippen LogP contribution < -0.4 is 9.80 Å². The van der Waals surface area contributed by atoms with Gasteiger partial charge in [-0.25, -0.2) is 0 Å². The molecule has 2 aliphatic heterocycles. The minimum Gasteiger partial charge on any atom is -0.321 e. The van der Waals surface area contributed by atoms with Crippen LogP contribution in [0, 0.1) is 11.8 Å². The van der Waals surface area contributed by atoms with E-state index in [1.165, 1.54) is 0 Å². The number of nitrogens with zero attached hydrogens (tertiary/aromatic N) is 4. The quantitative estimate of drug-likeness (QED) is 0.553. The van der Waals surface area contributed by atoms with Gasteiger partial charge in [0.2, 0.25) is 0 Å². The highest BCUT2D eigenvalue weighted by atomic mass is 35.5. The van der Waals surface area contributed by atoms with E-state index < -0.39 is 0 Å². The van der Waals surface area contributed by atoms with Gasteiger partial charge in [-0.15, -0.1) is 0 Å². The third kappa shape index (κ3) is 4.21. The van der Waals surface area contributed by atoms with Gasteiger partial charge < -0.3 is 9.80 Å². The molecule has 0 aliphatic carbocycles. The second-order valence-electron chi connectivity index (χ2n) is 8.71. The molecule has 0 amide bonds. The number of anilines is 2. The second-order valence-corrected chi connectivity index (χ2v) is 9.58. The monoisotopic (exact) mass is 442 g/mol. The minimum atomic E-state index is 0.209. The molecular formula is C24H28Cl2N4. The van der Waals surface area contributed by atoms with Gasteiger partial charge >= 0.3 is 0 Å². The van der Waals surface area contributed by atoms with Crippen LogP contribution in [0.3, 0.4) is 0 Å². The van der Waals surface area contributed by atoms with Gasteiger partial charge in [0.05, 0.1) is 12.1 Å². The molecule has 0 saturated heterocycles. The zero-order valence-corrected chi connectivity index (χ0v) is 19.4. The number of hydrogen-bond acceptors (Lipinski definition) is 4. The van der Waals surface area contributed by atoms with Crippen LogP contribution in [0.25, 0.3) is 0 Å². The summed E-state index contributed by atoms with van der Waals surface area (Å²) in [6.07, 6.45) is 0. The first-order chi connectivity index (χ1) is 14.3. The van der Waals surface area contributed by atoms with Gasteiger partial charge in [-0.2, -0.15) is 0 Å². The standard InChI is InChI=1S/C24H28Cl2N4/c1-15(2)21-13-29(19-9-5-7-17(25)11-19)23(27-21)24-28-22(16(3)4)14-30(24)20-10-6-8-18(26)12-20/h5-12,15-16,21-22H,13-14H2,1-4H3/t21-,22-/m1/s1. The highest BCUT2D eigenvalue weighted by Crippen LogP contribution is 2.31. The first-order valence-corrected chi connectivity index (χ1v) is 11.3. The minimum absolute atomic E-state index is 0.209. The van der Waals surface area contributed by atoms with Crippen LogP contribution in [-0.2, 0) is 0 Å². The molecule has 0 fully saturated rings. The zero-order chi connectivity index (χ0) is 21.4. The summed E-state index contributed by atoms with van der Waals surface area (Å²) in [5.41, 5.74) is 2.09. The van der Waals surface area contributed by atoms with Crippen LogP contribution >= 0.6 is 23.2 Å². The smallest absolute Gasteiger partial charge is 0.172 e. The molecule has 2 aromatic rings. The van der Waals surface area contributed by atoms with E-state index in [-0.39, 0.29) is 12.1 Å². The van der Waals surface area contributed by atoms with Gasteiger partial charge in [-0.1, -0.05) is 63.0 Å². The van der Waals surface area contributed by atoms with Crippen molar-refractivity contribution < 1.29 is 0 Å². The molecule has 0 saturated carbocycles. The van der Waals surface area contributed by atoms with Crippen LogP contribution in [0.4, 0.5) is 11.4 Å². The molecule has 4 nitrogen and oxygen atoms in total. The van der Waals surface area contributed by atoms with Gasteiger partial charge in [0, 0.05) is 34.5 Å². The Morgan fingerprint density at radius 1 is 0.733 bits per heavy atom. The summed E-state index contributed by atoms with van der Waals surface area (Å²) in [5, 5.41) is 1.44. The number of halogens is 2. The van der Waals surface area contributed by atoms with Crippen molar-refractivity contribution in [2.45, 2.75) is 39.8 Å². The van der Waals surface area contributed by atoms with Crippen LogP contribution in [0.5, 0.6) is 0 Å². The molecule has 0 unspecified atom stereocenters. The highest BCUT2D eigenvalue weighted by molar-refractivity contribution is 6.50. The number of amidine groups is 2. The van der Waals surface area contributed by atoms with Crippen molar-refractivity contribution in [3.8, 4) is 0 Å². The van der Waals surface area contributed by atoms with E-state index in [0.717, 1.165) is 46.2 Å². The Kier molecular flexibility index (Phi) is 6.08.